The number of amides is 3. The minimum atomic E-state index is -1.94. The van der Waals surface area contributed by atoms with Crippen LogP contribution in [0.4, 0.5) is 13.2 Å². The quantitative estimate of drug-likeness (QED) is 0.333. The Labute approximate surface area is 259 Å². The molecule has 4 atom stereocenters. The first-order chi connectivity index (χ1) is 22.0. The van der Waals surface area contributed by atoms with E-state index < -0.39 is 70.5 Å². The average Bonchev–Trinajstić information content (AvgIpc) is 3.53. The molecule has 0 radical (unpaired) electrons. The summed E-state index contributed by atoms with van der Waals surface area (Å²) >= 11 is 0. The number of aliphatic hydroxyl groups is 2. The summed E-state index contributed by atoms with van der Waals surface area (Å²) < 4.78 is 41.7. The van der Waals surface area contributed by atoms with Crippen LogP contribution in [0.15, 0.2) is 59.6 Å². The second-order valence-corrected chi connectivity index (χ2v) is 12.0. The van der Waals surface area contributed by atoms with E-state index in [1.165, 1.54) is 16.2 Å². The number of aliphatic hydroxyl groups excluding tert-OH is 2. The number of aromatic amines is 1. The fraction of sp³-hybridized carbons (Fsp3) is 0.355. The van der Waals surface area contributed by atoms with Crippen LogP contribution in [-0.4, -0.2) is 83.1 Å². The lowest BCUT2D eigenvalue weighted by Gasteiger charge is -2.48. The number of H-pyrrole nitrogens is 1. The van der Waals surface area contributed by atoms with E-state index in [0.717, 1.165) is 11.0 Å². The van der Waals surface area contributed by atoms with Gasteiger partial charge >= 0.3 is 0 Å². The first-order valence-electron chi connectivity index (χ1n) is 14.7. The number of nitrogens with zero attached hydrogens (tertiary/aromatic N) is 4. The Kier molecular flexibility index (Phi) is 7.05. The molecule has 1 spiro atoms. The van der Waals surface area contributed by atoms with Crippen LogP contribution >= 0.6 is 0 Å². The number of aromatic nitrogens is 2. The first-order valence-corrected chi connectivity index (χ1v) is 14.7. The number of fused-ring (bicyclic) bond motifs is 6. The van der Waals surface area contributed by atoms with Gasteiger partial charge in [0.1, 0.15) is 47.2 Å². The zero-order valence-electron chi connectivity index (χ0n) is 24.5. The van der Waals surface area contributed by atoms with E-state index in [2.05, 4.69) is 15.3 Å². The van der Waals surface area contributed by atoms with Crippen molar-refractivity contribution < 1.29 is 42.6 Å². The maximum atomic E-state index is 14.2. The molecule has 4 aliphatic rings. The number of hydrogen-bond donors (Lipinski definition) is 4. The van der Waals surface area contributed by atoms with Gasteiger partial charge in [-0.3, -0.25) is 19.2 Å². The van der Waals surface area contributed by atoms with Gasteiger partial charge in [0.2, 0.25) is 5.91 Å². The van der Waals surface area contributed by atoms with Crippen molar-refractivity contribution >= 4 is 28.8 Å². The number of carbonyl (C=O) groups is 3. The van der Waals surface area contributed by atoms with Gasteiger partial charge in [-0.15, -0.1) is 0 Å². The molecule has 240 valence electrons. The molecule has 3 aromatic rings. The maximum absolute atomic E-state index is 14.2. The van der Waals surface area contributed by atoms with E-state index in [4.69, 9.17) is 4.84 Å². The van der Waals surface area contributed by atoms with Crippen LogP contribution in [0.5, 0.6) is 0 Å². The predicted molar refractivity (Wildman–Crippen MR) is 153 cm³/mol. The Morgan fingerprint density at radius 2 is 1.93 bits per heavy atom. The Bertz CT molecular complexity index is 1800. The molecule has 5 heterocycles. The molecule has 3 fully saturated rings. The molecule has 15 heteroatoms. The molecule has 3 saturated heterocycles. The van der Waals surface area contributed by atoms with Gasteiger partial charge in [0.25, 0.3) is 11.8 Å². The van der Waals surface area contributed by atoms with Gasteiger partial charge in [0.15, 0.2) is 5.76 Å². The third kappa shape index (κ3) is 4.77. The van der Waals surface area contributed by atoms with Crippen LogP contribution in [0, 0.1) is 17.5 Å². The van der Waals surface area contributed by atoms with Gasteiger partial charge in [-0.1, -0.05) is 12.1 Å². The molecule has 4 aliphatic heterocycles. The lowest BCUT2D eigenvalue weighted by atomic mass is 9.84. The molecule has 1 unspecified atom stereocenters. The number of imidazole rings is 1. The smallest absolute Gasteiger partial charge is 0.274 e. The monoisotopic (exact) mass is 638 g/mol. The molecule has 2 bridgehead atoms. The second-order valence-electron chi connectivity index (χ2n) is 12.0. The van der Waals surface area contributed by atoms with Gasteiger partial charge in [0.05, 0.1) is 29.1 Å². The van der Waals surface area contributed by atoms with Crippen molar-refractivity contribution in [1.29, 1.82) is 0 Å². The molecular weight excluding hydrogens is 609 g/mol. The maximum Gasteiger partial charge on any atom is 0.274 e. The highest BCUT2D eigenvalue weighted by atomic mass is 19.1. The third-order valence-electron chi connectivity index (χ3n) is 9.17. The third-order valence-corrected chi connectivity index (χ3v) is 9.17. The topological polar surface area (TPSA) is 151 Å². The summed E-state index contributed by atoms with van der Waals surface area (Å²) in [6.45, 7) is 1.25. The molecule has 46 heavy (non-hydrogen) atoms. The number of halogens is 3. The number of nitrogens with one attached hydrogen (secondary N) is 2. The molecule has 1 aromatic heterocycles. The van der Waals surface area contributed by atoms with Crippen LogP contribution in [0.2, 0.25) is 0 Å². The molecule has 7 rings (SSSR count). The highest BCUT2D eigenvalue weighted by Gasteiger charge is 2.59. The van der Waals surface area contributed by atoms with Crippen LogP contribution in [-0.2, 0) is 32.3 Å². The normalized spacial score (nSPS) is 26.2. The van der Waals surface area contributed by atoms with Crippen molar-refractivity contribution in [3.63, 3.8) is 0 Å². The summed E-state index contributed by atoms with van der Waals surface area (Å²) in [4.78, 5) is 57.3. The number of para-hydroxylation sites is 2. The Morgan fingerprint density at radius 1 is 1.20 bits per heavy atom. The summed E-state index contributed by atoms with van der Waals surface area (Å²) in [5, 5.41) is 25.6. The van der Waals surface area contributed by atoms with E-state index >= 15 is 0 Å². The SMILES string of the molecule is C[C@H]1CC[C@]2(CC(=O)N(Cc3nc4ccccc4[nH]3)O2)[C@H]2CN1C(=O)C1=C(O)C(O)C(C(=O)NCc3c(F)cc(F)cc3F)=CN12. The number of rotatable bonds is 5. The van der Waals surface area contributed by atoms with Gasteiger partial charge in [-0.25, -0.2) is 23.2 Å². The number of carbonyl (C=O) groups excluding carboxylic acids is 3. The van der Waals surface area contributed by atoms with Crippen molar-refractivity contribution in [2.75, 3.05) is 6.54 Å². The summed E-state index contributed by atoms with van der Waals surface area (Å²) in [6, 6.07) is 7.26. The summed E-state index contributed by atoms with van der Waals surface area (Å²) in [7, 11) is 0. The Hall–Kier alpha value is -4.89. The predicted octanol–water partition coefficient (Wildman–Crippen LogP) is 2.42. The van der Waals surface area contributed by atoms with Gasteiger partial charge < -0.3 is 30.3 Å². The minimum absolute atomic E-state index is 0.0207. The molecule has 2 aromatic carbocycles. The molecular formula is C31H29F3N6O6. The largest absolute Gasteiger partial charge is 0.507 e. The summed E-state index contributed by atoms with van der Waals surface area (Å²) in [6.07, 6.45) is -0.0136. The van der Waals surface area contributed by atoms with E-state index in [0.29, 0.717) is 30.8 Å². The van der Waals surface area contributed by atoms with Crippen molar-refractivity contribution in [2.45, 2.75) is 63.1 Å². The fourth-order valence-corrected chi connectivity index (χ4v) is 6.72. The minimum Gasteiger partial charge on any atom is -0.507 e. The lowest BCUT2D eigenvalue weighted by Crippen LogP contribution is -2.63. The fourth-order valence-electron chi connectivity index (χ4n) is 6.72. The number of piperazine rings is 1. The Morgan fingerprint density at radius 3 is 2.67 bits per heavy atom. The van der Waals surface area contributed by atoms with Crippen molar-refractivity contribution in [1.82, 2.24) is 30.1 Å². The van der Waals surface area contributed by atoms with Crippen molar-refractivity contribution in [2.24, 2.45) is 0 Å². The lowest BCUT2D eigenvalue weighted by molar-refractivity contribution is -0.221. The van der Waals surface area contributed by atoms with E-state index in [1.807, 2.05) is 31.2 Å². The van der Waals surface area contributed by atoms with Gasteiger partial charge in [-0.2, -0.15) is 0 Å². The average molecular weight is 639 g/mol. The van der Waals surface area contributed by atoms with Crippen LogP contribution in [0.1, 0.15) is 37.6 Å². The number of hydrogen-bond acceptors (Lipinski definition) is 8. The van der Waals surface area contributed by atoms with E-state index in [9.17, 15) is 37.8 Å². The highest BCUT2D eigenvalue weighted by Crippen LogP contribution is 2.46. The second kappa shape index (κ2) is 10.9. The van der Waals surface area contributed by atoms with Crippen molar-refractivity contribution in [3.8, 4) is 0 Å². The van der Waals surface area contributed by atoms with E-state index in [1.54, 1.807) is 4.90 Å². The molecule has 0 saturated carbocycles. The molecule has 12 nitrogen and oxygen atoms in total. The highest BCUT2D eigenvalue weighted by molar-refractivity contribution is 5.99. The number of benzene rings is 2. The molecule has 4 N–H and O–H groups in total. The molecule has 0 aliphatic carbocycles. The van der Waals surface area contributed by atoms with Crippen LogP contribution in [0.25, 0.3) is 11.0 Å². The van der Waals surface area contributed by atoms with Crippen LogP contribution < -0.4 is 5.32 Å². The zero-order valence-corrected chi connectivity index (χ0v) is 24.5. The summed E-state index contributed by atoms with van der Waals surface area (Å²) in [5.74, 6) is -5.75. The van der Waals surface area contributed by atoms with Crippen molar-refractivity contribution in [3.05, 3.63) is 88.5 Å². The van der Waals surface area contributed by atoms with Gasteiger partial charge in [0, 0.05) is 43.0 Å². The Balaban J connectivity index is 1.20. The van der Waals surface area contributed by atoms with Gasteiger partial charge in [-0.05, 0) is 31.9 Å². The molecule has 3 amide bonds. The number of hydroxylamine groups is 2. The summed E-state index contributed by atoms with van der Waals surface area (Å²) in [5.41, 5.74) is -0.969. The first kappa shape index (κ1) is 29.8. The standard InChI is InChI=1S/C31H29F3N6O6/c1-15-6-7-31(10-25(41)40(46-31)14-24-36-21-4-2-3-5-22(21)37-24)23-13-38(15)30(45)26-28(43)27(42)18(12-39(23)26)29(44)35-11-17-19(33)8-16(32)9-20(17)34/h2-5,8-9,12,15,23,27,42-43H,6-7,10-11,13-14H2,1H3,(H,35,44)(H,36,37)/t15-,23+,27?,31-/m0/s1. The zero-order chi connectivity index (χ0) is 32.5. The van der Waals surface area contributed by atoms with Crippen LogP contribution in [0.3, 0.4) is 0 Å². The van der Waals surface area contributed by atoms with E-state index in [-0.39, 0.29) is 37.2 Å².